The summed E-state index contributed by atoms with van der Waals surface area (Å²) in [6.07, 6.45) is 0. The number of ketones is 1. The average molecular weight is 293 g/mol. The largest absolute Gasteiger partial charge is 0.493 e. The normalized spacial score (nSPS) is 10.3. The number of hydrogen-bond donors (Lipinski definition) is 1. The first kappa shape index (κ1) is 14.8. The molecule has 0 heterocycles. The highest BCUT2D eigenvalue weighted by Crippen LogP contribution is 2.33. The molecule has 0 atom stereocenters. The third-order valence-corrected chi connectivity index (χ3v) is 2.97. The minimum Gasteiger partial charge on any atom is -0.493 e. The monoisotopic (exact) mass is 293 g/mol. The Morgan fingerprint density at radius 3 is 2.24 bits per heavy atom. The molecular formula is C15H13F2NO3. The van der Waals surface area contributed by atoms with Gasteiger partial charge in [-0.15, -0.1) is 0 Å². The van der Waals surface area contributed by atoms with Crippen LogP contribution in [0.15, 0.2) is 30.3 Å². The molecule has 0 amide bonds. The van der Waals surface area contributed by atoms with E-state index in [-0.39, 0.29) is 17.0 Å². The molecule has 0 saturated carbocycles. The maximum atomic E-state index is 13.7. The SMILES string of the molecule is COc1cc(N)c(C(=O)c2cc(F)ccc2F)cc1OC. The van der Waals surface area contributed by atoms with Gasteiger partial charge in [-0.1, -0.05) is 0 Å². The van der Waals surface area contributed by atoms with E-state index in [1.54, 1.807) is 0 Å². The molecule has 0 aliphatic rings. The number of benzene rings is 2. The summed E-state index contributed by atoms with van der Waals surface area (Å²) in [5.41, 5.74) is 5.48. The third-order valence-electron chi connectivity index (χ3n) is 2.97. The number of carbonyl (C=O) groups is 1. The number of ether oxygens (including phenoxy) is 2. The van der Waals surface area contributed by atoms with Gasteiger partial charge in [0, 0.05) is 17.3 Å². The summed E-state index contributed by atoms with van der Waals surface area (Å²) in [6.45, 7) is 0. The van der Waals surface area contributed by atoms with Crippen LogP contribution in [0.4, 0.5) is 14.5 Å². The molecule has 0 aliphatic carbocycles. The lowest BCUT2D eigenvalue weighted by Gasteiger charge is -2.12. The van der Waals surface area contributed by atoms with E-state index in [1.165, 1.54) is 26.4 Å². The van der Waals surface area contributed by atoms with Gasteiger partial charge < -0.3 is 15.2 Å². The van der Waals surface area contributed by atoms with Crippen molar-refractivity contribution in [3.8, 4) is 11.5 Å². The predicted molar refractivity (Wildman–Crippen MR) is 73.7 cm³/mol. The summed E-state index contributed by atoms with van der Waals surface area (Å²) >= 11 is 0. The van der Waals surface area contributed by atoms with Crippen LogP contribution in [0.2, 0.25) is 0 Å². The molecule has 110 valence electrons. The summed E-state index contributed by atoms with van der Waals surface area (Å²) in [5, 5.41) is 0. The van der Waals surface area contributed by atoms with Crippen LogP contribution in [0.5, 0.6) is 11.5 Å². The standard InChI is InChI=1S/C15H13F2NO3/c1-20-13-6-10(12(18)7-14(13)21-2)15(19)9-5-8(16)3-4-11(9)17/h3-7H,18H2,1-2H3. The fourth-order valence-corrected chi connectivity index (χ4v) is 1.91. The second-order valence-corrected chi connectivity index (χ2v) is 4.25. The second-order valence-electron chi connectivity index (χ2n) is 4.25. The zero-order valence-electron chi connectivity index (χ0n) is 11.4. The fourth-order valence-electron chi connectivity index (χ4n) is 1.91. The first-order chi connectivity index (χ1) is 9.97. The molecular weight excluding hydrogens is 280 g/mol. The number of halogens is 2. The van der Waals surface area contributed by atoms with Gasteiger partial charge in [0.2, 0.25) is 0 Å². The van der Waals surface area contributed by atoms with Crippen LogP contribution in [-0.4, -0.2) is 20.0 Å². The minimum atomic E-state index is -0.824. The summed E-state index contributed by atoms with van der Waals surface area (Å²) in [6, 6.07) is 5.38. The number of rotatable bonds is 4. The summed E-state index contributed by atoms with van der Waals surface area (Å²) in [7, 11) is 2.82. The number of anilines is 1. The van der Waals surface area contributed by atoms with E-state index in [0.29, 0.717) is 5.75 Å². The van der Waals surface area contributed by atoms with Crippen molar-refractivity contribution in [1.82, 2.24) is 0 Å². The lowest BCUT2D eigenvalue weighted by atomic mass is 10.0. The molecule has 2 aromatic rings. The Balaban J connectivity index is 2.55. The molecule has 0 spiro atoms. The Morgan fingerprint density at radius 1 is 1.00 bits per heavy atom. The van der Waals surface area contributed by atoms with Gasteiger partial charge in [0.05, 0.1) is 19.8 Å². The molecule has 0 unspecified atom stereocenters. The lowest BCUT2D eigenvalue weighted by Crippen LogP contribution is -2.09. The van der Waals surface area contributed by atoms with Crippen LogP contribution in [0, 0.1) is 11.6 Å². The van der Waals surface area contributed by atoms with Crippen LogP contribution < -0.4 is 15.2 Å². The molecule has 4 nitrogen and oxygen atoms in total. The second kappa shape index (κ2) is 5.78. The third kappa shape index (κ3) is 2.79. The average Bonchev–Trinajstić information content (AvgIpc) is 2.48. The van der Waals surface area contributed by atoms with Crippen molar-refractivity contribution in [3.63, 3.8) is 0 Å². The minimum absolute atomic E-state index is 0.0112. The van der Waals surface area contributed by atoms with E-state index >= 15 is 0 Å². The van der Waals surface area contributed by atoms with Gasteiger partial charge in [-0.3, -0.25) is 4.79 Å². The van der Waals surface area contributed by atoms with Gasteiger partial charge in [-0.2, -0.15) is 0 Å². The van der Waals surface area contributed by atoms with Crippen LogP contribution in [-0.2, 0) is 0 Å². The molecule has 0 fully saturated rings. The number of hydrogen-bond acceptors (Lipinski definition) is 4. The molecule has 0 aliphatic heterocycles. The predicted octanol–water partition coefficient (Wildman–Crippen LogP) is 2.80. The van der Waals surface area contributed by atoms with E-state index in [0.717, 1.165) is 18.2 Å². The summed E-state index contributed by atoms with van der Waals surface area (Å²) < 4.78 is 37.0. The zero-order valence-corrected chi connectivity index (χ0v) is 11.4. The fraction of sp³-hybridized carbons (Fsp3) is 0.133. The molecule has 0 bridgehead atoms. The molecule has 0 saturated heterocycles. The van der Waals surface area contributed by atoms with Gasteiger partial charge in [-0.25, -0.2) is 8.78 Å². The molecule has 21 heavy (non-hydrogen) atoms. The zero-order chi connectivity index (χ0) is 15.6. The van der Waals surface area contributed by atoms with Gasteiger partial charge >= 0.3 is 0 Å². The summed E-state index contributed by atoms with van der Waals surface area (Å²) in [5.74, 6) is -1.65. The van der Waals surface area contributed by atoms with Crippen molar-refractivity contribution >= 4 is 11.5 Å². The van der Waals surface area contributed by atoms with E-state index in [4.69, 9.17) is 15.2 Å². The molecule has 2 N–H and O–H groups in total. The van der Waals surface area contributed by atoms with Gasteiger partial charge in [0.15, 0.2) is 17.3 Å². The van der Waals surface area contributed by atoms with Crippen molar-refractivity contribution in [2.24, 2.45) is 0 Å². The molecule has 2 rings (SSSR count). The van der Waals surface area contributed by atoms with E-state index < -0.39 is 23.0 Å². The van der Waals surface area contributed by atoms with Crippen LogP contribution >= 0.6 is 0 Å². The number of methoxy groups -OCH3 is 2. The van der Waals surface area contributed by atoms with Gasteiger partial charge in [0.1, 0.15) is 11.6 Å². The highest BCUT2D eigenvalue weighted by atomic mass is 19.1. The van der Waals surface area contributed by atoms with Crippen molar-refractivity contribution in [1.29, 1.82) is 0 Å². The van der Waals surface area contributed by atoms with Crippen molar-refractivity contribution < 1.29 is 23.0 Å². The quantitative estimate of drug-likeness (QED) is 0.695. The Morgan fingerprint density at radius 2 is 1.62 bits per heavy atom. The Kier molecular flexibility index (Phi) is 4.07. The highest BCUT2D eigenvalue weighted by Gasteiger charge is 2.20. The Labute approximate surface area is 120 Å². The first-order valence-electron chi connectivity index (χ1n) is 5.99. The van der Waals surface area contributed by atoms with Crippen LogP contribution in [0.1, 0.15) is 15.9 Å². The molecule has 0 aromatic heterocycles. The maximum Gasteiger partial charge on any atom is 0.198 e. The smallest absolute Gasteiger partial charge is 0.198 e. The molecule has 6 heteroatoms. The number of nitrogen functional groups attached to an aromatic ring is 1. The Bertz CT molecular complexity index is 702. The van der Waals surface area contributed by atoms with Crippen molar-refractivity contribution in [2.75, 3.05) is 20.0 Å². The Hall–Kier alpha value is -2.63. The van der Waals surface area contributed by atoms with Gasteiger partial charge in [0.25, 0.3) is 0 Å². The van der Waals surface area contributed by atoms with Crippen molar-refractivity contribution in [2.45, 2.75) is 0 Å². The first-order valence-corrected chi connectivity index (χ1v) is 5.99. The maximum absolute atomic E-state index is 13.7. The van der Waals surface area contributed by atoms with E-state index in [9.17, 15) is 13.6 Å². The topological polar surface area (TPSA) is 61.5 Å². The van der Waals surface area contributed by atoms with Crippen LogP contribution in [0.3, 0.4) is 0 Å². The van der Waals surface area contributed by atoms with Crippen molar-refractivity contribution in [3.05, 3.63) is 53.1 Å². The van der Waals surface area contributed by atoms with Crippen LogP contribution in [0.25, 0.3) is 0 Å². The summed E-state index contributed by atoms with van der Waals surface area (Å²) in [4.78, 5) is 12.3. The number of carbonyl (C=O) groups excluding carboxylic acids is 1. The molecule has 2 aromatic carbocycles. The van der Waals surface area contributed by atoms with E-state index in [2.05, 4.69) is 0 Å². The van der Waals surface area contributed by atoms with Gasteiger partial charge in [-0.05, 0) is 24.3 Å². The highest BCUT2D eigenvalue weighted by molar-refractivity contribution is 6.12. The lowest BCUT2D eigenvalue weighted by molar-refractivity contribution is 0.103. The molecule has 0 radical (unpaired) electrons. The number of nitrogens with two attached hydrogens (primary N) is 1. The van der Waals surface area contributed by atoms with E-state index in [1.807, 2.05) is 0 Å².